The fraction of sp³-hybridized carbons (Fsp3) is 0.333. The van der Waals surface area contributed by atoms with E-state index in [4.69, 9.17) is 0 Å². The van der Waals surface area contributed by atoms with Crippen molar-refractivity contribution in [3.63, 3.8) is 0 Å². The number of fused-ring (bicyclic) bond motifs is 1. The van der Waals surface area contributed by atoms with Crippen LogP contribution in [0.25, 0.3) is 0 Å². The Kier molecular flexibility index (Phi) is 1.87. The van der Waals surface area contributed by atoms with Gasteiger partial charge in [-0.05, 0) is 31.4 Å². The second kappa shape index (κ2) is 2.91. The molecule has 68 valence electrons. The first-order chi connectivity index (χ1) is 6.23. The number of rotatable bonds is 2. The van der Waals surface area contributed by atoms with Gasteiger partial charge in [-0.3, -0.25) is 0 Å². The zero-order valence-corrected chi connectivity index (χ0v) is 8.01. The topological polar surface area (TPSA) is 12.0 Å². The van der Waals surface area contributed by atoms with Gasteiger partial charge < -0.3 is 5.32 Å². The minimum Gasteiger partial charge on any atom is -0.379 e. The van der Waals surface area contributed by atoms with E-state index in [1.807, 2.05) is 6.08 Å². The van der Waals surface area contributed by atoms with Gasteiger partial charge in [0.25, 0.3) is 0 Å². The van der Waals surface area contributed by atoms with E-state index in [0.717, 1.165) is 12.8 Å². The van der Waals surface area contributed by atoms with Crippen LogP contribution in [0, 0.1) is 0 Å². The number of benzene rings is 1. The molecule has 0 aliphatic carbocycles. The molecule has 0 amide bonds. The van der Waals surface area contributed by atoms with Gasteiger partial charge >= 0.3 is 0 Å². The summed E-state index contributed by atoms with van der Waals surface area (Å²) in [6.45, 7) is 6.04. The van der Waals surface area contributed by atoms with Crippen LogP contribution < -0.4 is 5.32 Å². The van der Waals surface area contributed by atoms with Crippen LogP contribution >= 0.6 is 0 Å². The van der Waals surface area contributed by atoms with Crippen LogP contribution in [0.2, 0.25) is 0 Å². The highest BCUT2D eigenvalue weighted by molar-refractivity contribution is 5.58. The lowest BCUT2D eigenvalue weighted by atomic mass is 9.94. The molecule has 1 aliphatic heterocycles. The molecule has 0 aromatic heterocycles. The van der Waals surface area contributed by atoms with Crippen molar-refractivity contribution in [3.05, 3.63) is 42.5 Å². The summed E-state index contributed by atoms with van der Waals surface area (Å²) >= 11 is 0. The molecular formula is C12H15N. The normalized spacial score (nSPS) is 25.0. The largest absolute Gasteiger partial charge is 0.379 e. The minimum absolute atomic E-state index is 0.186. The highest BCUT2D eigenvalue weighted by Crippen LogP contribution is 2.33. The fourth-order valence-electron chi connectivity index (χ4n) is 2.03. The van der Waals surface area contributed by atoms with Gasteiger partial charge in [0.1, 0.15) is 0 Å². The zero-order valence-electron chi connectivity index (χ0n) is 8.01. The van der Waals surface area contributed by atoms with Crippen molar-refractivity contribution in [2.75, 3.05) is 5.32 Å². The molecule has 1 aromatic carbocycles. The predicted octanol–water partition coefficient (Wildman–Crippen LogP) is 2.99. The van der Waals surface area contributed by atoms with Crippen LogP contribution in [0.3, 0.4) is 0 Å². The molecule has 1 aromatic rings. The Morgan fingerprint density at radius 1 is 1.54 bits per heavy atom. The summed E-state index contributed by atoms with van der Waals surface area (Å²) in [6, 6.07) is 8.51. The van der Waals surface area contributed by atoms with Gasteiger partial charge in [-0.15, -0.1) is 6.58 Å². The van der Waals surface area contributed by atoms with Crippen molar-refractivity contribution < 1.29 is 0 Å². The lowest BCUT2D eigenvalue weighted by Gasteiger charge is -2.23. The summed E-state index contributed by atoms with van der Waals surface area (Å²) < 4.78 is 0. The van der Waals surface area contributed by atoms with Crippen molar-refractivity contribution in [2.45, 2.75) is 25.3 Å². The number of anilines is 1. The van der Waals surface area contributed by atoms with Crippen LogP contribution in [0.15, 0.2) is 36.9 Å². The molecular weight excluding hydrogens is 158 g/mol. The van der Waals surface area contributed by atoms with E-state index in [1.54, 1.807) is 0 Å². The van der Waals surface area contributed by atoms with Gasteiger partial charge in [-0.2, -0.15) is 0 Å². The first-order valence-corrected chi connectivity index (χ1v) is 4.70. The molecule has 1 N–H and O–H groups in total. The number of hydrogen-bond donors (Lipinski definition) is 1. The van der Waals surface area contributed by atoms with Gasteiger partial charge in [0.2, 0.25) is 0 Å². The van der Waals surface area contributed by atoms with Crippen molar-refractivity contribution >= 4 is 5.69 Å². The molecule has 1 aliphatic rings. The standard InChI is InChI=1S/C12H15N/c1-3-8-12(2)9-10-6-4-5-7-11(10)13-12/h3-7,13H,1,8-9H2,2H3. The number of hydrogen-bond acceptors (Lipinski definition) is 1. The fourth-order valence-corrected chi connectivity index (χ4v) is 2.03. The number of nitrogens with one attached hydrogen (secondary N) is 1. The van der Waals surface area contributed by atoms with Crippen LogP contribution in [0.1, 0.15) is 18.9 Å². The Balaban J connectivity index is 2.26. The highest BCUT2D eigenvalue weighted by Gasteiger charge is 2.30. The maximum Gasteiger partial charge on any atom is 0.0421 e. The first kappa shape index (κ1) is 8.36. The van der Waals surface area contributed by atoms with Gasteiger partial charge in [0.15, 0.2) is 0 Å². The molecule has 13 heavy (non-hydrogen) atoms. The van der Waals surface area contributed by atoms with Crippen LogP contribution in [0.5, 0.6) is 0 Å². The van der Waals surface area contributed by atoms with Gasteiger partial charge in [0.05, 0.1) is 0 Å². The third-order valence-electron chi connectivity index (χ3n) is 2.63. The van der Waals surface area contributed by atoms with E-state index >= 15 is 0 Å². The maximum absolute atomic E-state index is 3.79. The van der Waals surface area contributed by atoms with E-state index in [0.29, 0.717) is 0 Å². The Labute approximate surface area is 79.5 Å². The third-order valence-corrected chi connectivity index (χ3v) is 2.63. The summed E-state index contributed by atoms with van der Waals surface area (Å²) in [7, 11) is 0. The number of para-hydroxylation sites is 1. The van der Waals surface area contributed by atoms with Gasteiger partial charge in [0, 0.05) is 11.2 Å². The molecule has 2 rings (SSSR count). The van der Waals surface area contributed by atoms with Gasteiger partial charge in [-0.25, -0.2) is 0 Å². The first-order valence-electron chi connectivity index (χ1n) is 4.70. The Hall–Kier alpha value is -1.24. The van der Waals surface area contributed by atoms with Crippen LogP contribution in [0.4, 0.5) is 5.69 Å². The molecule has 0 bridgehead atoms. The average molecular weight is 173 g/mol. The smallest absolute Gasteiger partial charge is 0.0421 e. The van der Waals surface area contributed by atoms with Crippen molar-refractivity contribution in [1.82, 2.24) is 0 Å². The molecule has 1 heterocycles. The lowest BCUT2D eigenvalue weighted by Crippen LogP contribution is -2.31. The monoisotopic (exact) mass is 173 g/mol. The van der Waals surface area contributed by atoms with Gasteiger partial charge in [-0.1, -0.05) is 24.3 Å². The van der Waals surface area contributed by atoms with Crippen molar-refractivity contribution in [2.24, 2.45) is 0 Å². The molecule has 0 radical (unpaired) electrons. The van der Waals surface area contributed by atoms with Crippen molar-refractivity contribution in [1.29, 1.82) is 0 Å². The third kappa shape index (κ3) is 1.46. The molecule has 1 nitrogen and oxygen atoms in total. The summed E-state index contributed by atoms with van der Waals surface area (Å²) in [4.78, 5) is 0. The SMILES string of the molecule is C=CCC1(C)Cc2ccccc2N1. The lowest BCUT2D eigenvalue weighted by molar-refractivity contribution is 0.542. The molecule has 0 saturated heterocycles. The van der Waals surface area contributed by atoms with E-state index in [2.05, 4.69) is 43.1 Å². The summed E-state index contributed by atoms with van der Waals surface area (Å²) in [6.07, 6.45) is 4.11. The highest BCUT2D eigenvalue weighted by atomic mass is 15.0. The Bertz CT molecular complexity index is 303. The molecule has 1 heteroatoms. The Morgan fingerprint density at radius 3 is 3.00 bits per heavy atom. The second-order valence-corrected chi connectivity index (χ2v) is 4.01. The molecule has 1 atom stereocenters. The quantitative estimate of drug-likeness (QED) is 0.678. The predicted molar refractivity (Wildman–Crippen MR) is 57.0 cm³/mol. The summed E-state index contributed by atoms with van der Waals surface area (Å²) in [5.41, 5.74) is 2.89. The molecule has 0 fully saturated rings. The minimum atomic E-state index is 0.186. The maximum atomic E-state index is 3.79. The van der Waals surface area contributed by atoms with E-state index < -0.39 is 0 Å². The summed E-state index contributed by atoms with van der Waals surface area (Å²) in [5.74, 6) is 0. The van der Waals surface area contributed by atoms with E-state index in [9.17, 15) is 0 Å². The van der Waals surface area contributed by atoms with E-state index in [-0.39, 0.29) is 5.54 Å². The van der Waals surface area contributed by atoms with Crippen LogP contribution in [-0.4, -0.2) is 5.54 Å². The Morgan fingerprint density at radius 2 is 2.31 bits per heavy atom. The average Bonchev–Trinajstić information content (AvgIpc) is 2.40. The van der Waals surface area contributed by atoms with E-state index in [1.165, 1.54) is 11.3 Å². The zero-order chi connectivity index (χ0) is 9.31. The molecule has 0 spiro atoms. The summed E-state index contributed by atoms with van der Waals surface area (Å²) in [5, 5.41) is 3.54. The second-order valence-electron chi connectivity index (χ2n) is 4.01. The van der Waals surface area contributed by atoms with Crippen molar-refractivity contribution in [3.8, 4) is 0 Å². The molecule has 0 saturated carbocycles. The molecule has 1 unspecified atom stereocenters. The van der Waals surface area contributed by atoms with Crippen LogP contribution in [-0.2, 0) is 6.42 Å².